The number of hydrogen-bond acceptors (Lipinski definition) is 8. The van der Waals surface area contributed by atoms with Crippen LogP contribution in [0.5, 0.6) is 0 Å². The molecule has 1 aromatic heterocycles. The number of aryl methyl sites for hydroxylation is 1. The van der Waals surface area contributed by atoms with Gasteiger partial charge in [0.25, 0.3) is 0 Å². The number of nitrogens with zero attached hydrogens (tertiary/aromatic N) is 2. The van der Waals surface area contributed by atoms with Crippen molar-refractivity contribution in [3.8, 4) is 11.3 Å². The number of nitrogens with one attached hydrogen (secondary N) is 3. The molecule has 3 N–H and O–H groups in total. The number of benzene rings is 2. The van der Waals surface area contributed by atoms with Gasteiger partial charge in [0.1, 0.15) is 6.10 Å². The summed E-state index contributed by atoms with van der Waals surface area (Å²) in [4.78, 5) is 19.7. The monoisotopic (exact) mass is 611 g/mol. The molecular weight excluding hydrogens is 574 g/mol. The molecule has 2 aliphatic rings. The van der Waals surface area contributed by atoms with Crippen LogP contribution in [-0.2, 0) is 16.1 Å². The topological polar surface area (TPSA) is 81.8 Å². The molecule has 2 aliphatic heterocycles. The molecule has 7 nitrogen and oxygen atoms in total. The molecule has 3 aromatic rings. The summed E-state index contributed by atoms with van der Waals surface area (Å²) in [5.74, 6) is 0.231. The van der Waals surface area contributed by atoms with Crippen LogP contribution in [0.1, 0.15) is 37.3 Å². The lowest BCUT2D eigenvalue weighted by Crippen LogP contribution is -2.29. The fourth-order valence-electron chi connectivity index (χ4n) is 4.98. The Hall–Kier alpha value is -2.40. The predicted molar refractivity (Wildman–Crippen MR) is 171 cm³/mol. The van der Waals surface area contributed by atoms with Gasteiger partial charge in [0.05, 0.1) is 11.4 Å². The third-order valence-electron chi connectivity index (χ3n) is 7.43. The maximum Gasteiger partial charge on any atom is 0.234 e. The second-order valence-corrected chi connectivity index (χ2v) is 13.1. The number of ether oxygens (including phenoxy) is 1. The van der Waals surface area contributed by atoms with E-state index in [2.05, 4.69) is 64.7 Å². The van der Waals surface area contributed by atoms with E-state index in [0.29, 0.717) is 18.2 Å². The Bertz CT molecular complexity index is 1360. The summed E-state index contributed by atoms with van der Waals surface area (Å²) in [6, 6.07) is 14.9. The molecule has 0 bridgehead atoms. The molecule has 3 heterocycles. The number of amides is 1. The van der Waals surface area contributed by atoms with Crippen molar-refractivity contribution in [3.05, 3.63) is 76.3 Å². The van der Waals surface area contributed by atoms with Crippen LogP contribution in [-0.4, -0.2) is 59.6 Å². The van der Waals surface area contributed by atoms with E-state index in [1.54, 1.807) is 11.3 Å². The first-order chi connectivity index (χ1) is 19.9. The summed E-state index contributed by atoms with van der Waals surface area (Å²) in [5.41, 5.74) is 5.97. The van der Waals surface area contributed by atoms with Crippen molar-refractivity contribution >= 4 is 46.3 Å². The molecule has 1 amide bonds. The molecule has 3 atom stereocenters. The number of rotatable bonds is 14. The van der Waals surface area contributed by atoms with E-state index in [9.17, 15) is 4.79 Å². The molecule has 2 unspecified atom stereocenters. The van der Waals surface area contributed by atoms with Crippen molar-refractivity contribution in [2.75, 3.05) is 30.7 Å². The van der Waals surface area contributed by atoms with E-state index in [1.165, 1.54) is 30.2 Å². The van der Waals surface area contributed by atoms with Gasteiger partial charge < -0.3 is 20.7 Å². The Morgan fingerprint density at radius 3 is 2.98 bits per heavy atom. The van der Waals surface area contributed by atoms with Gasteiger partial charge >= 0.3 is 0 Å². The fourth-order valence-corrected chi connectivity index (χ4v) is 6.82. The van der Waals surface area contributed by atoms with Crippen molar-refractivity contribution in [1.29, 1.82) is 0 Å². The highest BCUT2D eigenvalue weighted by atomic mass is 35.5. The molecule has 218 valence electrons. The van der Waals surface area contributed by atoms with Crippen LogP contribution in [0.3, 0.4) is 0 Å². The zero-order valence-corrected chi connectivity index (χ0v) is 26.0. The van der Waals surface area contributed by atoms with Crippen LogP contribution >= 0.6 is 34.7 Å². The molecule has 5 rings (SSSR count). The van der Waals surface area contributed by atoms with E-state index in [-0.39, 0.29) is 18.2 Å². The minimum absolute atomic E-state index is 0.0629. The zero-order chi connectivity index (χ0) is 28.8. The van der Waals surface area contributed by atoms with E-state index in [4.69, 9.17) is 21.3 Å². The predicted octanol–water partition coefficient (Wildman–Crippen LogP) is 6.29. The molecule has 2 aromatic carbocycles. The van der Waals surface area contributed by atoms with Crippen LogP contribution in [0.4, 0.5) is 5.69 Å². The molecule has 2 saturated heterocycles. The van der Waals surface area contributed by atoms with E-state index in [1.807, 2.05) is 24.4 Å². The number of carbonyl (C=O) groups excluding carboxylic acids is 1. The second-order valence-electron chi connectivity index (χ2n) is 10.6. The highest BCUT2D eigenvalue weighted by Crippen LogP contribution is 2.33. The first-order valence-electron chi connectivity index (χ1n) is 14.2. The lowest BCUT2D eigenvalue weighted by atomic mass is 10.1. The summed E-state index contributed by atoms with van der Waals surface area (Å²) in [6.07, 6.45) is 3.40. The standard InChI is InChI=1S/C31H38ClN5O2S2/c1-4-37(17-22-11-10-20(2)25(32)15-22)14-12-21(3)34-28(38)19-41-31-36-27(18-40-31)23-7-5-8-24(16-23)35-30-29(39-30)26-9-6-13-33-26/h5,7-8,10-11,15-16,18,26,29-30,33,35H,3-4,6,9,12-14,17,19H2,1-2H3,(H,34,38)/t26-,29?,30?/m0/s1. The Balaban J connectivity index is 1.04. The molecule has 0 saturated carbocycles. The Labute approximate surface area is 256 Å². The van der Waals surface area contributed by atoms with Crippen LogP contribution in [0.25, 0.3) is 11.3 Å². The third kappa shape index (κ3) is 8.56. The molecule has 10 heteroatoms. The normalized spacial score (nSPS) is 19.9. The van der Waals surface area contributed by atoms with E-state index < -0.39 is 0 Å². The number of halogens is 1. The van der Waals surface area contributed by atoms with Gasteiger partial charge in [0, 0.05) is 46.5 Å². The first kappa shape index (κ1) is 30.1. The van der Waals surface area contributed by atoms with Crippen molar-refractivity contribution < 1.29 is 9.53 Å². The quantitative estimate of drug-likeness (QED) is 0.146. The number of thiazole rings is 1. The molecule has 0 aliphatic carbocycles. The molecule has 0 spiro atoms. The number of epoxide rings is 1. The molecule has 2 fully saturated rings. The Kier molecular flexibility index (Phi) is 10.4. The van der Waals surface area contributed by atoms with Crippen molar-refractivity contribution in [2.24, 2.45) is 0 Å². The third-order valence-corrected chi connectivity index (χ3v) is 9.86. The lowest BCUT2D eigenvalue weighted by molar-refractivity contribution is -0.117. The minimum atomic E-state index is -0.0629. The van der Waals surface area contributed by atoms with Gasteiger partial charge in [0.2, 0.25) is 5.91 Å². The Morgan fingerprint density at radius 2 is 2.20 bits per heavy atom. The molecule has 41 heavy (non-hydrogen) atoms. The maximum absolute atomic E-state index is 12.6. The largest absolute Gasteiger partial charge is 0.358 e. The highest BCUT2D eigenvalue weighted by Gasteiger charge is 2.45. The molecule has 0 radical (unpaired) electrons. The van der Waals surface area contributed by atoms with E-state index in [0.717, 1.165) is 63.7 Å². The van der Waals surface area contributed by atoms with Gasteiger partial charge in [-0.3, -0.25) is 9.69 Å². The van der Waals surface area contributed by atoms with Gasteiger partial charge in [-0.1, -0.05) is 61.1 Å². The van der Waals surface area contributed by atoms with Crippen LogP contribution < -0.4 is 16.0 Å². The summed E-state index contributed by atoms with van der Waals surface area (Å²) in [7, 11) is 0. The average Bonchev–Trinajstić information content (AvgIpc) is 3.32. The van der Waals surface area contributed by atoms with Crippen LogP contribution in [0.2, 0.25) is 5.02 Å². The number of hydrogen-bond donors (Lipinski definition) is 3. The van der Waals surface area contributed by atoms with Gasteiger partial charge in [-0.25, -0.2) is 4.98 Å². The summed E-state index contributed by atoms with van der Waals surface area (Å²) < 4.78 is 6.73. The minimum Gasteiger partial charge on any atom is -0.358 e. The fraction of sp³-hybridized carbons (Fsp3) is 0.419. The van der Waals surface area contributed by atoms with Gasteiger partial charge in [-0.05, 0) is 68.6 Å². The second kappa shape index (κ2) is 14.2. The number of aromatic nitrogens is 1. The van der Waals surface area contributed by atoms with Gasteiger partial charge in [-0.2, -0.15) is 0 Å². The lowest BCUT2D eigenvalue weighted by Gasteiger charge is -2.21. The average molecular weight is 612 g/mol. The number of thioether (sulfide) groups is 1. The van der Waals surface area contributed by atoms with Gasteiger partial charge in [0.15, 0.2) is 10.6 Å². The van der Waals surface area contributed by atoms with E-state index >= 15 is 0 Å². The zero-order valence-electron chi connectivity index (χ0n) is 23.6. The number of carbonyl (C=O) groups is 1. The van der Waals surface area contributed by atoms with Crippen molar-refractivity contribution in [3.63, 3.8) is 0 Å². The number of anilines is 1. The Morgan fingerprint density at radius 1 is 1.32 bits per heavy atom. The first-order valence-corrected chi connectivity index (χ1v) is 16.4. The summed E-state index contributed by atoms with van der Waals surface area (Å²) in [5, 5.41) is 12.8. The summed E-state index contributed by atoms with van der Waals surface area (Å²) >= 11 is 9.29. The summed E-state index contributed by atoms with van der Waals surface area (Å²) in [6.45, 7) is 11.8. The van der Waals surface area contributed by atoms with Crippen LogP contribution in [0, 0.1) is 6.92 Å². The highest BCUT2D eigenvalue weighted by molar-refractivity contribution is 8.01. The van der Waals surface area contributed by atoms with Crippen molar-refractivity contribution in [1.82, 2.24) is 20.5 Å². The van der Waals surface area contributed by atoms with Crippen LogP contribution in [0.15, 0.2) is 64.5 Å². The van der Waals surface area contributed by atoms with Gasteiger partial charge in [-0.15, -0.1) is 11.3 Å². The maximum atomic E-state index is 12.6. The smallest absolute Gasteiger partial charge is 0.234 e. The molecular formula is C31H38ClN5O2S2. The SMILES string of the molecule is C=C(CCN(CC)Cc1ccc(C)c(Cl)c1)NC(=O)CSc1nc(-c2cccc(NC3OC3[C@@H]3CCCN3)c2)cs1. The van der Waals surface area contributed by atoms with Crippen molar-refractivity contribution in [2.45, 2.75) is 62.4 Å².